The van der Waals surface area contributed by atoms with E-state index in [4.69, 9.17) is 10.8 Å². The van der Waals surface area contributed by atoms with Crippen LogP contribution >= 0.6 is 0 Å². The van der Waals surface area contributed by atoms with E-state index in [1.54, 1.807) is 18.5 Å². The number of anilines is 1. The van der Waals surface area contributed by atoms with Crippen molar-refractivity contribution in [2.45, 2.75) is 0 Å². The lowest BCUT2D eigenvalue weighted by atomic mass is 10.2. The SMILES string of the molecule is C1=NCCN1.Nc1ccc(C(=O)O)cc1. The molecule has 0 aliphatic carbocycles. The normalized spacial score (nSPS) is 12.5. The molecule has 0 unspecified atom stereocenters. The number of carboxylic acid groups (broad SMARTS) is 1. The fourth-order valence-electron chi connectivity index (χ4n) is 0.948. The number of hydrogen-bond donors (Lipinski definition) is 3. The van der Waals surface area contributed by atoms with E-state index in [0.29, 0.717) is 5.69 Å². The van der Waals surface area contributed by atoms with Gasteiger partial charge in [-0.15, -0.1) is 0 Å². The number of nitrogens with one attached hydrogen (secondary N) is 1. The first kappa shape index (κ1) is 11.0. The monoisotopic (exact) mass is 207 g/mol. The molecule has 4 N–H and O–H groups in total. The Morgan fingerprint density at radius 3 is 2.40 bits per heavy atom. The van der Waals surface area contributed by atoms with Crippen LogP contribution in [0, 0.1) is 0 Å². The summed E-state index contributed by atoms with van der Waals surface area (Å²) >= 11 is 0. The molecule has 0 fully saturated rings. The molecular formula is C10H13N3O2. The number of hydrogen-bond acceptors (Lipinski definition) is 4. The molecule has 5 nitrogen and oxygen atoms in total. The van der Waals surface area contributed by atoms with Crippen LogP contribution in [-0.4, -0.2) is 30.5 Å². The molecule has 2 rings (SSSR count). The van der Waals surface area contributed by atoms with Gasteiger partial charge in [0, 0.05) is 12.2 Å². The fourth-order valence-corrected chi connectivity index (χ4v) is 0.948. The lowest BCUT2D eigenvalue weighted by Gasteiger charge is -1.93. The van der Waals surface area contributed by atoms with Gasteiger partial charge in [-0.3, -0.25) is 4.99 Å². The predicted octanol–water partition coefficient (Wildman–Crippen LogP) is 0.585. The molecule has 1 aromatic rings. The number of rotatable bonds is 1. The maximum Gasteiger partial charge on any atom is 0.335 e. The summed E-state index contributed by atoms with van der Waals surface area (Å²) < 4.78 is 0. The molecule has 0 bridgehead atoms. The Hall–Kier alpha value is -2.04. The van der Waals surface area contributed by atoms with Crippen molar-refractivity contribution in [3.8, 4) is 0 Å². The van der Waals surface area contributed by atoms with Gasteiger partial charge < -0.3 is 16.2 Å². The van der Waals surface area contributed by atoms with Crippen molar-refractivity contribution >= 4 is 18.0 Å². The van der Waals surface area contributed by atoms with Crippen LogP contribution in [0.1, 0.15) is 10.4 Å². The molecule has 0 spiro atoms. The molecule has 1 aliphatic rings. The molecule has 1 aliphatic heterocycles. The topological polar surface area (TPSA) is 87.7 Å². The quantitative estimate of drug-likeness (QED) is 0.588. The van der Waals surface area contributed by atoms with Crippen LogP contribution < -0.4 is 11.1 Å². The maximum atomic E-state index is 10.3. The van der Waals surface area contributed by atoms with Gasteiger partial charge in [0.25, 0.3) is 0 Å². The molecule has 1 heterocycles. The van der Waals surface area contributed by atoms with Gasteiger partial charge in [-0.2, -0.15) is 0 Å². The third kappa shape index (κ3) is 4.12. The summed E-state index contributed by atoms with van der Waals surface area (Å²) in [5, 5.41) is 11.4. The Labute approximate surface area is 87.6 Å². The number of nitrogens with two attached hydrogens (primary N) is 1. The molecule has 0 saturated heterocycles. The van der Waals surface area contributed by atoms with Gasteiger partial charge in [-0.05, 0) is 24.3 Å². The third-order valence-electron chi connectivity index (χ3n) is 1.73. The molecule has 80 valence electrons. The highest BCUT2D eigenvalue weighted by Crippen LogP contribution is 2.04. The zero-order valence-corrected chi connectivity index (χ0v) is 8.18. The molecule has 0 amide bonds. The van der Waals surface area contributed by atoms with E-state index in [1.165, 1.54) is 12.1 Å². The lowest BCUT2D eigenvalue weighted by Crippen LogP contribution is -2.04. The van der Waals surface area contributed by atoms with E-state index in [-0.39, 0.29) is 5.56 Å². The summed E-state index contributed by atoms with van der Waals surface area (Å²) in [6.07, 6.45) is 1.74. The summed E-state index contributed by atoms with van der Waals surface area (Å²) in [7, 11) is 0. The summed E-state index contributed by atoms with van der Waals surface area (Å²) in [6, 6.07) is 6.06. The summed E-state index contributed by atoms with van der Waals surface area (Å²) in [4.78, 5) is 14.1. The van der Waals surface area contributed by atoms with Crippen LogP contribution in [0.2, 0.25) is 0 Å². The van der Waals surface area contributed by atoms with Crippen LogP contribution in [0.5, 0.6) is 0 Å². The molecule has 0 radical (unpaired) electrons. The highest BCUT2D eigenvalue weighted by atomic mass is 16.4. The van der Waals surface area contributed by atoms with Crippen molar-refractivity contribution in [1.82, 2.24) is 5.32 Å². The molecular weight excluding hydrogens is 194 g/mol. The smallest absolute Gasteiger partial charge is 0.335 e. The minimum atomic E-state index is -0.931. The van der Waals surface area contributed by atoms with Gasteiger partial charge in [-0.1, -0.05) is 0 Å². The highest BCUT2D eigenvalue weighted by molar-refractivity contribution is 5.87. The minimum Gasteiger partial charge on any atom is -0.478 e. The first-order valence-corrected chi connectivity index (χ1v) is 4.50. The van der Waals surface area contributed by atoms with E-state index in [9.17, 15) is 4.79 Å². The Balaban J connectivity index is 0.000000187. The average molecular weight is 207 g/mol. The largest absolute Gasteiger partial charge is 0.478 e. The molecule has 15 heavy (non-hydrogen) atoms. The van der Waals surface area contributed by atoms with E-state index in [1.807, 2.05) is 0 Å². The number of carbonyl (C=O) groups is 1. The molecule has 0 atom stereocenters. The fraction of sp³-hybridized carbons (Fsp3) is 0.200. The number of aromatic carboxylic acids is 1. The lowest BCUT2D eigenvalue weighted by molar-refractivity contribution is 0.0697. The van der Waals surface area contributed by atoms with Crippen LogP contribution in [0.15, 0.2) is 29.3 Å². The van der Waals surface area contributed by atoms with E-state index in [0.717, 1.165) is 13.1 Å². The standard InChI is InChI=1S/C7H7NO2.C3H6N2/c8-6-3-1-5(2-4-6)7(9)10;1-2-5-3-4-1/h1-4H,8H2,(H,9,10);3H,1-2H2,(H,4,5). The predicted molar refractivity (Wildman–Crippen MR) is 59.2 cm³/mol. The summed E-state index contributed by atoms with van der Waals surface area (Å²) in [6.45, 7) is 1.99. The second-order valence-corrected chi connectivity index (χ2v) is 2.92. The number of benzene rings is 1. The van der Waals surface area contributed by atoms with Gasteiger partial charge in [0.1, 0.15) is 0 Å². The van der Waals surface area contributed by atoms with Crippen molar-refractivity contribution < 1.29 is 9.90 Å². The van der Waals surface area contributed by atoms with Crippen LogP contribution in [0.3, 0.4) is 0 Å². The van der Waals surface area contributed by atoms with Crippen LogP contribution in [0.25, 0.3) is 0 Å². The highest BCUT2D eigenvalue weighted by Gasteiger charge is 1.98. The van der Waals surface area contributed by atoms with Crippen molar-refractivity contribution in [1.29, 1.82) is 0 Å². The summed E-state index contributed by atoms with van der Waals surface area (Å²) in [5.74, 6) is -0.931. The molecule has 0 saturated carbocycles. The van der Waals surface area contributed by atoms with Gasteiger partial charge in [0.05, 0.1) is 18.4 Å². The second kappa shape index (κ2) is 5.64. The van der Waals surface area contributed by atoms with Crippen molar-refractivity contribution in [3.05, 3.63) is 29.8 Å². The van der Waals surface area contributed by atoms with E-state index < -0.39 is 5.97 Å². The Morgan fingerprint density at radius 1 is 1.40 bits per heavy atom. The summed E-state index contributed by atoms with van der Waals surface area (Å²) in [5.41, 5.74) is 6.17. The van der Waals surface area contributed by atoms with Crippen LogP contribution in [0.4, 0.5) is 5.69 Å². The number of carboxylic acids is 1. The van der Waals surface area contributed by atoms with Crippen molar-refractivity contribution in [3.63, 3.8) is 0 Å². The zero-order chi connectivity index (χ0) is 11.1. The maximum absolute atomic E-state index is 10.3. The second-order valence-electron chi connectivity index (χ2n) is 2.92. The molecule has 0 aromatic heterocycles. The van der Waals surface area contributed by atoms with Gasteiger partial charge in [0.2, 0.25) is 0 Å². The van der Waals surface area contributed by atoms with E-state index >= 15 is 0 Å². The van der Waals surface area contributed by atoms with Gasteiger partial charge >= 0.3 is 5.97 Å². The number of nitrogens with zero attached hydrogens (tertiary/aromatic N) is 1. The number of nitrogen functional groups attached to an aromatic ring is 1. The molecule has 1 aromatic carbocycles. The minimum absolute atomic E-state index is 0.259. The first-order chi connectivity index (χ1) is 7.20. The van der Waals surface area contributed by atoms with Gasteiger partial charge in [0.15, 0.2) is 0 Å². The average Bonchev–Trinajstić information content (AvgIpc) is 2.76. The number of aliphatic imine (C=N–C) groups is 1. The Kier molecular flexibility index (Phi) is 4.15. The third-order valence-corrected chi connectivity index (χ3v) is 1.73. The van der Waals surface area contributed by atoms with Gasteiger partial charge in [-0.25, -0.2) is 4.79 Å². The first-order valence-electron chi connectivity index (χ1n) is 4.50. The van der Waals surface area contributed by atoms with E-state index in [2.05, 4.69) is 10.3 Å². The van der Waals surface area contributed by atoms with Crippen LogP contribution in [-0.2, 0) is 0 Å². The zero-order valence-electron chi connectivity index (χ0n) is 8.18. The van der Waals surface area contributed by atoms with Crippen molar-refractivity contribution in [2.75, 3.05) is 18.8 Å². The molecule has 5 heteroatoms. The Morgan fingerprint density at radius 2 is 2.07 bits per heavy atom. The van der Waals surface area contributed by atoms with Crippen molar-refractivity contribution in [2.24, 2.45) is 4.99 Å². The Bertz CT molecular complexity index is 340.